The number of hydrogen-bond donors (Lipinski definition) is 2. The topological polar surface area (TPSA) is 41.1 Å². The van der Waals surface area contributed by atoms with Crippen LogP contribution in [-0.2, 0) is 4.79 Å². The van der Waals surface area contributed by atoms with Gasteiger partial charge in [0.1, 0.15) is 0 Å². The number of carbonyl (C=O) groups is 1. The van der Waals surface area contributed by atoms with E-state index in [-0.39, 0.29) is 11.8 Å². The Hall–Kier alpha value is -1.35. The van der Waals surface area contributed by atoms with E-state index in [1.165, 1.54) is 24.0 Å². The summed E-state index contributed by atoms with van der Waals surface area (Å²) in [6.45, 7) is 8.36. The smallest absolute Gasteiger partial charge is 0.220 e. The number of hydrogen-bond acceptors (Lipinski definition) is 2. The molecule has 2 unspecified atom stereocenters. The zero-order valence-electron chi connectivity index (χ0n) is 13.5. The maximum Gasteiger partial charge on any atom is 0.220 e. The molecule has 116 valence electrons. The highest BCUT2D eigenvalue weighted by molar-refractivity contribution is 5.76. The average Bonchev–Trinajstić information content (AvgIpc) is 2.98. The molecule has 1 saturated heterocycles. The maximum absolute atomic E-state index is 12.0. The Labute approximate surface area is 128 Å². The van der Waals surface area contributed by atoms with Gasteiger partial charge in [-0.25, -0.2) is 0 Å². The third kappa shape index (κ3) is 4.85. The SMILES string of the molecule is CC(C)c1ccc(C(C)CC(=O)NCC2CCCN2)cc1. The normalized spacial score (nSPS) is 19.7. The van der Waals surface area contributed by atoms with Crippen molar-refractivity contribution in [2.75, 3.05) is 13.1 Å². The number of amides is 1. The van der Waals surface area contributed by atoms with E-state index in [1.54, 1.807) is 0 Å². The lowest BCUT2D eigenvalue weighted by Gasteiger charge is -2.15. The van der Waals surface area contributed by atoms with Crippen LogP contribution in [0.25, 0.3) is 0 Å². The molecule has 3 heteroatoms. The Bertz CT molecular complexity index is 447. The molecular weight excluding hydrogens is 260 g/mol. The molecule has 1 aliphatic heterocycles. The van der Waals surface area contributed by atoms with Gasteiger partial charge in [0.25, 0.3) is 0 Å². The summed E-state index contributed by atoms with van der Waals surface area (Å²) in [4.78, 5) is 12.0. The van der Waals surface area contributed by atoms with E-state index < -0.39 is 0 Å². The minimum Gasteiger partial charge on any atom is -0.355 e. The summed E-state index contributed by atoms with van der Waals surface area (Å²) in [5.74, 6) is 0.975. The minimum atomic E-state index is 0.157. The second-order valence-electron chi connectivity index (χ2n) is 6.52. The molecule has 2 rings (SSSR count). The first kappa shape index (κ1) is 16.0. The summed E-state index contributed by atoms with van der Waals surface area (Å²) in [6.07, 6.45) is 2.96. The molecule has 2 N–H and O–H groups in total. The van der Waals surface area contributed by atoms with Gasteiger partial charge in [0.2, 0.25) is 5.91 Å². The fourth-order valence-corrected chi connectivity index (χ4v) is 2.85. The van der Waals surface area contributed by atoms with Gasteiger partial charge < -0.3 is 10.6 Å². The zero-order chi connectivity index (χ0) is 15.2. The summed E-state index contributed by atoms with van der Waals surface area (Å²) >= 11 is 0. The van der Waals surface area contributed by atoms with Crippen molar-refractivity contribution in [2.24, 2.45) is 0 Å². The van der Waals surface area contributed by atoms with Crippen LogP contribution < -0.4 is 10.6 Å². The van der Waals surface area contributed by atoms with Gasteiger partial charge in [0.15, 0.2) is 0 Å². The van der Waals surface area contributed by atoms with Crippen LogP contribution >= 0.6 is 0 Å². The molecule has 1 amide bonds. The molecule has 0 spiro atoms. The zero-order valence-corrected chi connectivity index (χ0v) is 13.5. The summed E-state index contributed by atoms with van der Waals surface area (Å²) < 4.78 is 0. The van der Waals surface area contributed by atoms with Crippen LogP contribution in [-0.4, -0.2) is 25.0 Å². The molecule has 0 radical (unpaired) electrons. The van der Waals surface area contributed by atoms with Gasteiger partial charge in [-0.1, -0.05) is 45.0 Å². The van der Waals surface area contributed by atoms with Gasteiger partial charge in [-0.05, 0) is 42.3 Å². The first-order chi connectivity index (χ1) is 10.1. The molecule has 0 saturated carbocycles. The number of rotatable bonds is 6. The molecule has 1 aliphatic rings. The van der Waals surface area contributed by atoms with Crippen LogP contribution in [0.3, 0.4) is 0 Å². The molecule has 0 bridgehead atoms. The second kappa shape index (κ2) is 7.60. The third-order valence-electron chi connectivity index (χ3n) is 4.37. The monoisotopic (exact) mass is 288 g/mol. The molecule has 1 heterocycles. The molecule has 1 fully saturated rings. The Balaban J connectivity index is 1.79. The molecule has 1 aromatic rings. The van der Waals surface area contributed by atoms with Crippen molar-refractivity contribution < 1.29 is 4.79 Å². The van der Waals surface area contributed by atoms with Crippen LogP contribution in [0.5, 0.6) is 0 Å². The van der Waals surface area contributed by atoms with Crippen molar-refractivity contribution in [3.8, 4) is 0 Å². The lowest BCUT2D eigenvalue weighted by Crippen LogP contribution is -2.37. The lowest BCUT2D eigenvalue weighted by molar-refractivity contribution is -0.121. The molecular formula is C18H28N2O. The summed E-state index contributed by atoms with van der Waals surface area (Å²) in [6, 6.07) is 9.14. The largest absolute Gasteiger partial charge is 0.355 e. The standard InChI is InChI=1S/C18H28N2O/c1-13(2)15-6-8-16(9-7-15)14(3)11-18(21)20-12-17-5-4-10-19-17/h6-9,13-14,17,19H,4-5,10-12H2,1-3H3,(H,20,21). The fraction of sp³-hybridized carbons (Fsp3) is 0.611. The van der Waals surface area contributed by atoms with Crippen molar-refractivity contribution in [1.29, 1.82) is 0 Å². The van der Waals surface area contributed by atoms with Crippen molar-refractivity contribution in [2.45, 2.75) is 57.9 Å². The molecule has 21 heavy (non-hydrogen) atoms. The van der Waals surface area contributed by atoms with Crippen molar-refractivity contribution in [3.05, 3.63) is 35.4 Å². The van der Waals surface area contributed by atoms with E-state index in [4.69, 9.17) is 0 Å². The fourth-order valence-electron chi connectivity index (χ4n) is 2.85. The summed E-state index contributed by atoms with van der Waals surface area (Å²) in [5.41, 5.74) is 2.59. The van der Waals surface area contributed by atoms with Crippen LogP contribution in [0, 0.1) is 0 Å². The Morgan fingerprint density at radius 3 is 2.48 bits per heavy atom. The van der Waals surface area contributed by atoms with E-state index in [9.17, 15) is 4.79 Å². The summed E-state index contributed by atoms with van der Waals surface area (Å²) in [5, 5.41) is 6.45. The average molecular weight is 288 g/mol. The number of carbonyl (C=O) groups excluding carboxylic acids is 1. The van der Waals surface area contributed by atoms with E-state index in [2.05, 4.69) is 55.7 Å². The van der Waals surface area contributed by atoms with Crippen LogP contribution in [0.15, 0.2) is 24.3 Å². The van der Waals surface area contributed by atoms with Crippen molar-refractivity contribution >= 4 is 5.91 Å². The van der Waals surface area contributed by atoms with Gasteiger partial charge in [0, 0.05) is 19.0 Å². The molecule has 2 atom stereocenters. The van der Waals surface area contributed by atoms with Gasteiger partial charge in [0.05, 0.1) is 0 Å². The Morgan fingerprint density at radius 1 is 1.24 bits per heavy atom. The van der Waals surface area contributed by atoms with E-state index in [1.807, 2.05) is 0 Å². The van der Waals surface area contributed by atoms with Crippen LogP contribution in [0.4, 0.5) is 0 Å². The molecule has 3 nitrogen and oxygen atoms in total. The highest BCUT2D eigenvalue weighted by Gasteiger charge is 2.16. The van der Waals surface area contributed by atoms with Crippen molar-refractivity contribution in [1.82, 2.24) is 10.6 Å². The predicted octanol–water partition coefficient (Wildman–Crippen LogP) is 3.17. The van der Waals surface area contributed by atoms with E-state index in [0.29, 0.717) is 18.4 Å². The van der Waals surface area contributed by atoms with E-state index >= 15 is 0 Å². The number of nitrogens with one attached hydrogen (secondary N) is 2. The Morgan fingerprint density at radius 2 is 1.90 bits per heavy atom. The number of benzene rings is 1. The predicted molar refractivity (Wildman–Crippen MR) is 87.6 cm³/mol. The van der Waals surface area contributed by atoms with E-state index in [0.717, 1.165) is 13.1 Å². The summed E-state index contributed by atoms with van der Waals surface area (Å²) in [7, 11) is 0. The first-order valence-electron chi connectivity index (χ1n) is 8.16. The highest BCUT2D eigenvalue weighted by atomic mass is 16.1. The molecule has 1 aromatic carbocycles. The Kier molecular flexibility index (Phi) is 5.80. The van der Waals surface area contributed by atoms with Gasteiger partial charge in [-0.2, -0.15) is 0 Å². The minimum absolute atomic E-state index is 0.157. The van der Waals surface area contributed by atoms with Gasteiger partial charge in [-0.15, -0.1) is 0 Å². The maximum atomic E-state index is 12.0. The van der Waals surface area contributed by atoms with Crippen LogP contribution in [0.1, 0.15) is 63.0 Å². The highest BCUT2D eigenvalue weighted by Crippen LogP contribution is 2.22. The molecule has 0 aromatic heterocycles. The quantitative estimate of drug-likeness (QED) is 0.844. The first-order valence-corrected chi connectivity index (χ1v) is 8.16. The van der Waals surface area contributed by atoms with Gasteiger partial charge >= 0.3 is 0 Å². The second-order valence-corrected chi connectivity index (χ2v) is 6.52. The lowest BCUT2D eigenvalue weighted by atomic mass is 9.94. The molecule has 0 aliphatic carbocycles. The van der Waals surface area contributed by atoms with Crippen LogP contribution in [0.2, 0.25) is 0 Å². The third-order valence-corrected chi connectivity index (χ3v) is 4.37. The van der Waals surface area contributed by atoms with Crippen molar-refractivity contribution in [3.63, 3.8) is 0 Å². The van der Waals surface area contributed by atoms with Gasteiger partial charge in [-0.3, -0.25) is 4.79 Å².